The molecule has 0 aromatic carbocycles. The summed E-state index contributed by atoms with van der Waals surface area (Å²) in [6, 6.07) is 6.09. The molecule has 2 aromatic rings. The molecule has 1 aliphatic heterocycles. The molecule has 0 bridgehead atoms. The second-order valence-corrected chi connectivity index (χ2v) is 6.16. The summed E-state index contributed by atoms with van der Waals surface area (Å²) < 4.78 is 8.08. The van der Waals surface area contributed by atoms with Crippen molar-refractivity contribution in [3.8, 4) is 0 Å². The maximum Gasteiger partial charge on any atom is 0.122 e. The van der Waals surface area contributed by atoms with Crippen LogP contribution in [0.1, 0.15) is 37.7 Å². The molecule has 0 saturated carbocycles. The second-order valence-electron chi connectivity index (χ2n) is 6.16. The van der Waals surface area contributed by atoms with Crippen LogP contribution in [0.3, 0.4) is 0 Å². The summed E-state index contributed by atoms with van der Waals surface area (Å²) in [5.41, 5.74) is 1.10. The molecule has 23 heavy (non-hydrogen) atoms. The number of ether oxygens (including phenoxy) is 1. The molecule has 1 fully saturated rings. The van der Waals surface area contributed by atoms with Gasteiger partial charge in [0.15, 0.2) is 0 Å². The van der Waals surface area contributed by atoms with Crippen molar-refractivity contribution < 1.29 is 4.74 Å². The quantitative estimate of drug-likeness (QED) is 0.751. The van der Waals surface area contributed by atoms with E-state index in [9.17, 15) is 0 Å². The molecule has 3 heterocycles. The first kappa shape index (κ1) is 16.1. The van der Waals surface area contributed by atoms with Crippen LogP contribution in [-0.4, -0.2) is 38.7 Å². The van der Waals surface area contributed by atoms with Gasteiger partial charge in [-0.2, -0.15) is 0 Å². The third-order valence-electron chi connectivity index (χ3n) is 4.23. The van der Waals surface area contributed by atoms with Crippen LogP contribution in [0.2, 0.25) is 0 Å². The topological polar surface area (TPSA) is 43.2 Å². The van der Waals surface area contributed by atoms with E-state index in [4.69, 9.17) is 4.74 Å². The van der Waals surface area contributed by atoms with E-state index in [1.165, 1.54) is 6.42 Å². The van der Waals surface area contributed by atoms with Crippen LogP contribution in [0.5, 0.6) is 0 Å². The van der Waals surface area contributed by atoms with E-state index in [0.29, 0.717) is 6.10 Å². The fourth-order valence-electron chi connectivity index (χ4n) is 3.12. The van der Waals surface area contributed by atoms with Crippen LogP contribution >= 0.6 is 0 Å². The minimum atomic E-state index is 0.341. The Morgan fingerprint density at radius 1 is 1.26 bits per heavy atom. The average molecular weight is 314 g/mol. The van der Waals surface area contributed by atoms with Gasteiger partial charge in [-0.05, 0) is 31.4 Å². The Hall–Kier alpha value is -1.72. The third kappa shape index (κ3) is 4.62. The Labute approximate surface area is 138 Å². The molecule has 0 unspecified atom stereocenters. The number of hydrogen-bond acceptors (Lipinski definition) is 4. The molecule has 2 aromatic heterocycles. The monoisotopic (exact) mass is 314 g/mol. The van der Waals surface area contributed by atoms with Crippen molar-refractivity contribution >= 4 is 0 Å². The van der Waals surface area contributed by atoms with Gasteiger partial charge >= 0.3 is 0 Å². The van der Waals surface area contributed by atoms with Crippen LogP contribution in [0.15, 0.2) is 36.8 Å². The molecule has 0 N–H and O–H groups in total. The van der Waals surface area contributed by atoms with Crippen molar-refractivity contribution in [2.24, 2.45) is 0 Å². The van der Waals surface area contributed by atoms with Gasteiger partial charge in [0, 0.05) is 44.8 Å². The molecule has 1 aliphatic rings. The Morgan fingerprint density at radius 2 is 2.22 bits per heavy atom. The minimum Gasteiger partial charge on any atom is -0.377 e. The van der Waals surface area contributed by atoms with Crippen molar-refractivity contribution in [1.29, 1.82) is 0 Å². The van der Waals surface area contributed by atoms with Gasteiger partial charge in [-0.1, -0.05) is 13.0 Å². The van der Waals surface area contributed by atoms with Crippen LogP contribution < -0.4 is 0 Å². The maximum atomic E-state index is 5.83. The lowest BCUT2D eigenvalue weighted by Crippen LogP contribution is -2.32. The molecule has 1 atom stereocenters. The lowest BCUT2D eigenvalue weighted by atomic mass is 10.2. The highest BCUT2D eigenvalue weighted by atomic mass is 16.5. The largest absolute Gasteiger partial charge is 0.377 e. The van der Waals surface area contributed by atoms with Gasteiger partial charge in [-0.15, -0.1) is 0 Å². The van der Waals surface area contributed by atoms with E-state index < -0.39 is 0 Å². The zero-order valence-corrected chi connectivity index (χ0v) is 13.9. The van der Waals surface area contributed by atoms with Crippen molar-refractivity contribution in [3.63, 3.8) is 0 Å². The summed E-state index contributed by atoms with van der Waals surface area (Å²) in [6.45, 7) is 6.72. The van der Waals surface area contributed by atoms with Crippen LogP contribution in [0.4, 0.5) is 0 Å². The smallest absolute Gasteiger partial charge is 0.122 e. The van der Waals surface area contributed by atoms with E-state index in [1.54, 1.807) is 0 Å². The summed E-state index contributed by atoms with van der Waals surface area (Å²) in [7, 11) is 0. The number of pyridine rings is 1. The predicted octanol–water partition coefficient (Wildman–Crippen LogP) is 2.87. The first-order valence-corrected chi connectivity index (χ1v) is 8.59. The zero-order chi connectivity index (χ0) is 15.9. The fraction of sp³-hybridized carbons (Fsp3) is 0.556. The lowest BCUT2D eigenvalue weighted by molar-refractivity contribution is 0.0661. The van der Waals surface area contributed by atoms with E-state index >= 15 is 0 Å². The molecule has 3 rings (SSSR count). The predicted molar refractivity (Wildman–Crippen MR) is 89.8 cm³/mol. The Kier molecular flexibility index (Phi) is 5.77. The number of aryl methyl sites for hydroxylation is 1. The molecular formula is C18H26N4O. The highest BCUT2D eigenvalue weighted by Crippen LogP contribution is 2.16. The van der Waals surface area contributed by atoms with Crippen molar-refractivity contribution in [1.82, 2.24) is 19.4 Å². The first-order chi connectivity index (χ1) is 11.3. The SMILES string of the molecule is CCCn1ccnc1CN(Cc1ccccn1)C[C@@H]1CCCO1. The van der Waals surface area contributed by atoms with Crippen LogP contribution in [0, 0.1) is 0 Å². The standard InChI is InChI=1S/C18H26N4O/c1-2-10-22-11-9-20-18(22)15-21(14-17-7-5-12-23-17)13-16-6-3-4-8-19-16/h3-4,6,8-9,11,17H,2,5,7,10,12-15H2,1H3/t17-/m0/s1. The summed E-state index contributed by atoms with van der Waals surface area (Å²) >= 11 is 0. The van der Waals surface area contributed by atoms with E-state index in [1.807, 2.05) is 24.5 Å². The summed E-state index contributed by atoms with van der Waals surface area (Å²) in [5, 5.41) is 0. The molecular weight excluding hydrogens is 288 g/mol. The molecule has 0 amide bonds. The summed E-state index contributed by atoms with van der Waals surface area (Å²) in [5.74, 6) is 1.13. The van der Waals surface area contributed by atoms with E-state index in [2.05, 4.69) is 38.6 Å². The Bertz CT molecular complexity index is 578. The van der Waals surface area contributed by atoms with Gasteiger partial charge in [0.2, 0.25) is 0 Å². The Balaban J connectivity index is 1.69. The van der Waals surface area contributed by atoms with Gasteiger partial charge in [-0.25, -0.2) is 4.98 Å². The number of rotatable bonds is 8. The number of hydrogen-bond donors (Lipinski definition) is 0. The first-order valence-electron chi connectivity index (χ1n) is 8.59. The molecule has 0 spiro atoms. The third-order valence-corrected chi connectivity index (χ3v) is 4.23. The maximum absolute atomic E-state index is 5.83. The highest BCUT2D eigenvalue weighted by molar-refractivity contribution is 5.04. The van der Waals surface area contributed by atoms with Gasteiger partial charge in [0.05, 0.1) is 18.3 Å². The fourth-order valence-corrected chi connectivity index (χ4v) is 3.12. The van der Waals surface area contributed by atoms with E-state index in [-0.39, 0.29) is 0 Å². The summed E-state index contributed by atoms with van der Waals surface area (Å²) in [6.07, 6.45) is 9.62. The van der Waals surface area contributed by atoms with E-state index in [0.717, 1.165) is 57.1 Å². The molecule has 5 nitrogen and oxygen atoms in total. The van der Waals surface area contributed by atoms with Gasteiger partial charge < -0.3 is 9.30 Å². The normalized spacial score (nSPS) is 17.9. The Morgan fingerprint density at radius 3 is 2.96 bits per heavy atom. The lowest BCUT2D eigenvalue weighted by Gasteiger charge is -2.25. The molecule has 1 saturated heterocycles. The second kappa shape index (κ2) is 8.22. The average Bonchev–Trinajstić information content (AvgIpc) is 3.21. The number of aromatic nitrogens is 3. The summed E-state index contributed by atoms with van der Waals surface area (Å²) in [4.78, 5) is 11.4. The zero-order valence-electron chi connectivity index (χ0n) is 13.9. The molecule has 0 aliphatic carbocycles. The van der Waals surface area contributed by atoms with Gasteiger partial charge in [-0.3, -0.25) is 9.88 Å². The number of imidazole rings is 1. The molecule has 5 heteroatoms. The molecule has 0 radical (unpaired) electrons. The number of nitrogens with zero attached hydrogens (tertiary/aromatic N) is 4. The molecule has 124 valence electrons. The van der Waals surface area contributed by atoms with Gasteiger partial charge in [0.25, 0.3) is 0 Å². The van der Waals surface area contributed by atoms with Crippen molar-refractivity contribution in [2.45, 2.75) is 51.9 Å². The van der Waals surface area contributed by atoms with Crippen molar-refractivity contribution in [2.75, 3.05) is 13.2 Å². The van der Waals surface area contributed by atoms with Crippen LogP contribution in [-0.2, 0) is 24.4 Å². The minimum absolute atomic E-state index is 0.341. The van der Waals surface area contributed by atoms with Gasteiger partial charge in [0.1, 0.15) is 5.82 Å². The highest BCUT2D eigenvalue weighted by Gasteiger charge is 2.21. The van der Waals surface area contributed by atoms with Crippen LogP contribution in [0.25, 0.3) is 0 Å². The van der Waals surface area contributed by atoms with Crippen molar-refractivity contribution in [3.05, 3.63) is 48.3 Å².